The Kier molecular flexibility index (Phi) is 14.5. The molecule has 2 aromatic carbocycles. The first-order chi connectivity index (χ1) is 25.2. The number of carbonyl (C=O) groups excluding carboxylic acids is 2. The molecule has 1 aliphatic heterocycles. The van der Waals surface area contributed by atoms with Crippen molar-refractivity contribution < 1.29 is 49.3 Å². The highest BCUT2D eigenvalue weighted by Gasteiger charge is 2.51. The maximum absolute atomic E-state index is 14.0. The maximum atomic E-state index is 14.0. The average molecular weight is 747 g/mol. The van der Waals surface area contributed by atoms with E-state index >= 15 is 0 Å². The van der Waals surface area contributed by atoms with Crippen LogP contribution in [0.5, 0.6) is 0 Å². The molecule has 1 aromatic heterocycles. The highest BCUT2D eigenvalue weighted by atomic mass is 35.5. The smallest absolute Gasteiger partial charge is 0.224 e. The number of hydrogen-bond acceptors (Lipinski definition) is 13. The fourth-order valence-electron chi connectivity index (χ4n) is 6.58. The number of rotatable bonds is 16. The molecule has 16 nitrogen and oxygen atoms in total. The molecule has 1 aliphatic carbocycles. The van der Waals surface area contributed by atoms with Gasteiger partial charge in [-0.05, 0) is 35.1 Å². The number of hydrogen-bond donors (Lipinski definition) is 8. The van der Waals surface area contributed by atoms with Crippen LogP contribution in [0.1, 0.15) is 46.8 Å². The van der Waals surface area contributed by atoms with Crippen LogP contribution in [0.3, 0.4) is 0 Å². The van der Waals surface area contributed by atoms with E-state index in [0.717, 1.165) is 22.3 Å². The number of nitrogens with one attached hydrogen (secondary N) is 2. The first-order valence-corrected chi connectivity index (χ1v) is 17.7. The quantitative estimate of drug-likeness (QED) is 0.0853. The molecule has 3 aromatic rings. The largest absolute Gasteiger partial charge is 0.394 e. The molecule has 2 amide bonds. The van der Waals surface area contributed by atoms with E-state index in [1.165, 1.54) is 10.9 Å². The Hall–Kier alpha value is -3.55. The van der Waals surface area contributed by atoms with E-state index in [1.807, 2.05) is 0 Å². The molecule has 0 radical (unpaired) electrons. The highest BCUT2D eigenvalue weighted by Crippen LogP contribution is 2.38. The van der Waals surface area contributed by atoms with Crippen molar-refractivity contribution in [3.63, 3.8) is 0 Å². The fourth-order valence-corrected chi connectivity index (χ4v) is 6.67. The second-order valence-corrected chi connectivity index (χ2v) is 13.3. The number of nitrogens with zero attached hydrogens (tertiary/aromatic N) is 3. The summed E-state index contributed by atoms with van der Waals surface area (Å²) in [4.78, 5) is 27.9. The van der Waals surface area contributed by atoms with Gasteiger partial charge in [-0.1, -0.05) is 53.7 Å². The molecule has 5 rings (SSSR count). The molecule has 0 spiro atoms. The van der Waals surface area contributed by atoms with Crippen molar-refractivity contribution in [3.8, 4) is 0 Å². The van der Waals surface area contributed by atoms with Crippen LogP contribution < -0.4 is 16.4 Å². The van der Waals surface area contributed by atoms with E-state index in [0.29, 0.717) is 5.69 Å². The van der Waals surface area contributed by atoms with E-state index in [9.17, 15) is 35.1 Å². The molecular weight excluding hydrogens is 700 g/mol. The van der Waals surface area contributed by atoms with Crippen LogP contribution in [-0.4, -0.2) is 108 Å². The Balaban J connectivity index is 1.41. The Morgan fingerprint density at radius 2 is 1.40 bits per heavy atom. The minimum atomic E-state index is -1.50. The molecular formula is C35H47ClN6O10. The molecule has 284 valence electrons. The van der Waals surface area contributed by atoms with Gasteiger partial charge in [-0.25, -0.2) is 4.68 Å². The lowest BCUT2D eigenvalue weighted by Crippen LogP contribution is -2.59. The summed E-state index contributed by atoms with van der Waals surface area (Å²) in [7, 11) is 0. The Morgan fingerprint density at radius 1 is 0.865 bits per heavy atom. The average Bonchev–Trinajstić information content (AvgIpc) is 3.65. The number of alkyl halides is 1. The van der Waals surface area contributed by atoms with E-state index in [1.54, 1.807) is 48.5 Å². The molecule has 2 fully saturated rings. The summed E-state index contributed by atoms with van der Waals surface area (Å²) in [6.07, 6.45) is -5.61. The third-order valence-electron chi connectivity index (χ3n) is 9.53. The summed E-state index contributed by atoms with van der Waals surface area (Å²) in [5.41, 5.74) is 9.18. The molecule has 1 saturated heterocycles. The summed E-state index contributed by atoms with van der Waals surface area (Å²) in [6, 6.07) is 13.1. The molecule has 0 unspecified atom stereocenters. The summed E-state index contributed by atoms with van der Waals surface area (Å²) in [6.45, 7) is -0.326. The first-order valence-electron chi connectivity index (χ1n) is 17.2. The number of benzene rings is 2. The Bertz CT molecular complexity index is 1580. The van der Waals surface area contributed by atoms with Gasteiger partial charge in [-0.2, -0.15) is 0 Å². The summed E-state index contributed by atoms with van der Waals surface area (Å²) >= 11 is 6.01. The van der Waals surface area contributed by atoms with Gasteiger partial charge in [0.15, 0.2) is 6.29 Å². The fraction of sp³-hybridized carbons (Fsp3) is 0.543. The molecule has 17 heteroatoms. The van der Waals surface area contributed by atoms with Gasteiger partial charge in [-0.15, -0.1) is 16.7 Å². The van der Waals surface area contributed by atoms with E-state index < -0.39 is 67.2 Å². The van der Waals surface area contributed by atoms with Crippen molar-refractivity contribution in [1.82, 2.24) is 25.6 Å². The number of aromatic nitrogens is 3. The Labute approximate surface area is 305 Å². The predicted octanol–water partition coefficient (Wildman–Crippen LogP) is -0.630. The summed E-state index contributed by atoms with van der Waals surface area (Å²) in [5, 5.41) is 64.6. The van der Waals surface area contributed by atoms with Crippen LogP contribution in [0.15, 0.2) is 54.7 Å². The third kappa shape index (κ3) is 9.70. The van der Waals surface area contributed by atoms with E-state index in [2.05, 4.69) is 20.9 Å². The van der Waals surface area contributed by atoms with Crippen LogP contribution in [-0.2, 0) is 56.6 Å². The molecule has 52 heavy (non-hydrogen) atoms. The lowest BCUT2D eigenvalue weighted by Gasteiger charge is -2.46. The second-order valence-electron chi connectivity index (χ2n) is 12.9. The lowest BCUT2D eigenvalue weighted by atomic mass is 9.75. The Morgan fingerprint density at radius 3 is 1.88 bits per heavy atom. The molecule has 9 atom stereocenters. The van der Waals surface area contributed by atoms with Gasteiger partial charge in [-0.3, -0.25) is 9.59 Å². The predicted molar refractivity (Wildman–Crippen MR) is 185 cm³/mol. The van der Waals surface area contributed by atoms with Gasteiger partial charge in [0.05, 0.1) is 62.4 Å². The molecule has 9 N–H and O–H groups in total. The second kappa shape index (κ2) is 19.0. The zero-order chi connectivity index (χ0) is 37.2. The van der Waals surface area contributed by atoms with Crippen LogP contribution in [0, 0.1) is 11.8 Å². The van der Waals surface area contributed by atoms with Crippen LogP contribution in [0.4, 0.5) is 0 Å². The van der Waals surface area contributed by atoms with Crippen molar-refractivity contribution in [2.75, 3.05) is 19.1 Å². The van der Waals surface area contributed by atoms with Gasteiger partial charge in [0, 0.05) is 25.5 Å². The first kappa shape index (κ1) is 39.7. The normalized spacial score (nSPS) is 27.6. The van der Waals surface area contributed by atoms with Crippen LogP contribution in [0.25, 0.3) is 0 Å². The third-order valence-corrected chi connectivity index (χ3v) is 9.68. The van der Waals surface area contributed by atoms with Gasteiger partial charge < -0.3 is 56.1 Å². The van der Waals surface area contributed by atoms with Crippen molar-refractivity contribution >= 4 is 23.4 Å². The number of carbonyl (C=O) groups is 2. The van der Waals surface area contributed by atoms with E-state index in [4.69, 9.17) is 31.5 Å². The number of aliphatic hydroxyl groups excluding tert-OH is 5. The van der Waals surface area contributed by atoms with Crippen molar-refractivity contribution in [3.05, 3.63) is 82.7 Å². The highest BCUT2D eigenvalue weighted by molar-refractivity contribution is 6.17. The number of amides is 2. The van der Waals surface area contributed by atoms with Gasteiger partial charge in [0.25, 0.3) is 0 Å². The number of aliphatic hydroxyl groups is 5. The molecule has 1 saturated carbocycles. The summed E-state index contributed by atoms with van der Waals surface area (Å²) in [5.74, 6) is -2.40. The van der Waals surface area contributed by atoms with Crippen LogP contribution >= 0.6 is 11.6 Å². The van der Waals surface area contributed by atoms with Crippen molar-refractivity contribution in [2.45, 2.75) is 88.5 Å². The van der Waals surface area contributed by atoms with E-state index in [-0.39, 0.29) is 64.1 Å². The number of nitrogens with two attached hydrogens (primary N) is 1. The zero-order valence-electron chi connectivity index (χ0n) is 28.5. The monoisotopic (exact) mass is 746 g/mol. The van der Waals surface area contributed by atoms with Crippen molar-refractivity contribution in [1.29, 1.82) is 0 Å². The standard InChI is InChI=1S/C35H47ClN6O10/c36-9-10-50-27-11-25(33(48)38-14-20-1-5-22(17-43)6-2-20)26(34(49)39-15-21-3-7-23(18-44)8-4-21)12-28(27)51-35-30(42-16-24(13-37)40-41-42)32(47)31(46)29(19-45)52-35/h1-8,16,25-32,35,43-47H,9-15,17-19,37H2,(H,38,48)(H,39,49)/t25-,26-,27-,28-,29+,30-,31+,32+,35-/m0/s1. The minimum absolute atomic E-state index is 0.00799. The molecule has 0 bridgehead atoms. The van der Waals surface area contributed by atoms with Crippen LogP contribution in [0.2, 0.25) is 0 Å². The number of ether oxygens (including phenoxy) is 3. The topological polar surface area (TPSA) is 244 Å². The van der Waals surface area contributed by atoms with Gasteiger partial charge in [0.1, 0.15) is 24.4 Å². The minimum Gasteiger partial charge on any atom is -0.394 e. The van der Waals surface area contributed by atoms with Gasteiger partial charge in [0.2, 0.25) is 11.8 Å². The SMILES string of the molecule is NCc1cn([C@@H]2[C@@H](O[C@H]3C[C@H](C(=O)NCc4ccc(CO)cc4)[C@@H](C(=O)NCc4ccc(CO)cc4)C[C@@H]3OCCCl)O[C@H](CO)[C@@H](O)[C@@H]2O)nn1. The summed E-state index contributed by atoms with van der Waals surface area (Å²) < 4.78 is 19.9. The lowest BCUT2D eigenvalue weighted by molar-refractivity contribution is -0.305. The van der Waals surface area contributed by atoms with Crippen molar-refractivity contribution in [2.24, 2.45) is 17.6 Å². The number of halogens is 1. The molecule has 2 heterocycles. The van der Waals surface area contributed by atoms with Gasteiger partial charge >= 0.3 is 0 Å². The zero-order valence-corrected chi connectivity index (χ0v) is 29.3. The maximum Gasteiger partial charge on any atom is 0.224 e. The molecule has 2 aliphatic rings.